The third-order valence-electron chi connectivity index (χ3n) is 6.77. The standard InChI is InChI=1S/C27H28FN5O2/c1-27(2)8-11-32(12-9-27)17-20-14-19-13-18(6-7-21(19)31-25(20)28)16-29-26(35)22-15-24(34)33-10-4-3-5-23(33)30-22/h3-7,10,13-15H,8-9,11-12,16-17H2,1-2H3,(H,29,35). The minimum Gasteiger partial charge on any atom is -0.347 e. The van der Waals surface area contributed by atoms with Crippen molar-refractivity contribution in [3.63, 3.8) is 0 Å². The number of nitrogens with zero attached hydrogens (tertiary/aromatic N) is 4. The molecule has 0 unspecified atom stereocenters. The molecule has 0 radical (unpaired) electrons. The summed E-state index contributed by atoms with van der Waals surface area (Å²) in [6.07, 6.45) is 3.80. The lowest BCUT2D eigenvalue weighted by Crippen LogP contribution is -2.37. The SMILES string of the molecule is CC1(C)CCN(Cc2cc3cc(CNC(=O)c4cc(=O)n5ccccc5n4)ccc3nc2F)CC1. The van der Waals surface area contributed by atoms with Crippen LogP contribution in [0.3, 0.4) is 0 Å². The highest BCUT2D eigenvalue weighted by Crippen LogP contribution is 2.30. The van der Waals surface area contributed by atoms with Gasteiger partial charge >= 0.3 is 0 Å². The predicted octanol–water partition coefficient (Wildman–Crippen LogP) is 3.93. The summed E-state index contributed by atoms with van der Waals surface area (Å²) < 4.78 is 16.1. The lowest BCUT2D eigenvalue weighted by molar-refractivity contribution is 0.0946. The molecule has 1 saturated heterocycles. The van der Waals surface area contributed by atoms with Gasteiger partial charge in [0.25, 0.3) is 11.5 Å². The lowest BCUT2D eigenvalue weighted by atomic mass is 9.82. The van der Waals surface area contributed by atoms with Crippen LogP contribution in [0.4, 0.5) is 4.39 Å². The van der Waals surface area contributed by atoms with Crippen LogP contribution in [0, 0.1) is 11.4 Å². The first-order valence-corrected chi connectivity index (χ1v) is 11.8. The van der Waals surface area contributed by atoms with E-state index in [-0.39, 0.29) is 17.8 Å². The average molecular weight is 474 g/mol. The minimum atomic E-state index is -0.433. The number of hydrogen-bond acceptors (Lipinski definition) is 5. The maximum absolute atomic E-state index is 14.7. The third kappa shape index (κ3) is 5.07. The Morgan fingerprint density at radius 1 is 1.09 bits per heavy atom. The molecule has 4 aromatic rings. The largest absolute Gasteiger partial charge is 0.347 e. The van der Waals surface area contributed by atoms with Crippen LogP contribution in [0.25, 0.3) is 16.6 Å². The van der Waals surface area contributed by atoms with Crippen molar-refractivity contribution in [1.82, 2.24) is 24.6 Å². The van der Waals surface area contributed by atoms with Crippen molar-refractivity contribution in [2.24, 2.45) is 5.41 Å². The maximum Gasteiger partial charge on any atom is 0.270 e. The van der Waals surface area contributed by atoms with Gasteiger partial charge in [0.2, 0.25) is 5.95 Å². The molecule has 1 aliphatic rings. The van der Waals surface area contributed by atoms with Gasteiger partial charge in [0.1, 0.15) is 11.3 Å². The van der Waals surface area contributed by atoms with Crippen molar-refractivity contribution >= 4 is 22.5 Å². The summed E-state index contributed by atoms with van der Waals surface area (Å²) in [5.41, 5.74) is 2.51. The molecule has 0 spiro atoms. The zero-order valence-electron chi connectivity index (χ0n) is 19.9. The first-order valence-electron chi connectivity index (χ1n) is 11.8. The molecule has 180 valence electrons. The summed E-state index contributed by atoms with van der Waals surface area (Å²) >= 11 is 0. The molecule has 0 bridgehead atoms. The van der Waals surface area contributed by atoms with Crippen LogP contribution in [0.2, 0.25) is 0 Å². The van der Waals surface area contributed by atoms with E-state index in [0.29, 0.717) is 28.7 Å². The number of carbonyl (C=O) groups is 1. The summed E-state index contributed by atoms with van der Waals surface area (Å²) in [7, 11) is 0. The van der Waals surface area contributed by atoms with Gasteiger partial charge in [-0.1, -0.05) is 26.0 Å². The molecule has 0 saturated carbocycles. The van der Waals surface area contributed by atoms with E-state index in [1.165, 1.54) is 10.5 Å². The van der Waals surface area contributed by atoms with Gasteiger partial charge in [-0.2, -0.15) is 4.39 Å². The fourth-order valence-electron chi connectivity index (χ4n) is 4.47. The Morgan fingerprint density at radius 2 is 1.89 bits per heavy atom. The molecule has 4 heterocycles. The van der Waals surface area contributed by atoms with Crippen molar-refractivity contribution in [3.8, 4) is 0 Å². The number of amides is 1. The van der Waals surface area contributed by atoms with E-state index in [1.54, 1.807) is 30.5 Å². The molecule has 1 N–H and O–H groups in total. The molecular weight excluding hydrogens is 445 g/mol. The highest BCUT2D eigenvalue weighted by molar-refractivity contribution is 5.92. The highest BCUT2D eigenvalue weighted by Gasteiger charge is 2.26. The van der Waals surface area contributed by atoms with Crippen LogP contribution in [-0.2, 0) is 13.1 Å². The topological polar surface area (TPSA) is 79.6 Å². The fourth-order valence-corrected chi connectivity index (χ4v) is 4.47. The zero-order chi connectivity index (χ0) is 24.6. The molecule has 1 fully saturated rings. The smallest absolute Gasteiger partial charge is 0.270 e. The van der Waals surface area contributed by atoms with Crippen LogP contribution < -0.4 is 10.9 Å². The molecule has 1 aromatic carbocycles. The molecule has 0 aliphatic carbocycles. The summed E-state index contributed by atoms with van der Waals surface area (Å²) in [5, 5.41) is 3.65. The van der Waals surface area contributed by atoms with E-state index in [4.69, 9.17) is 0 Å². The highest BCUT2D eigenvalue weighted by atomic mass is 19.1. The van der Waals surface area contributed by atoms with E-state index < -0.39 is 11.9 Å². The number of likely N-dealkylation sites (tertiary alicyclic amines) is 1. The van der Waals surface area contributed by atoms with Crippen LogP contribution in [0.1, 0.15) is 48.3 Å². The van der Waals surface area contributed by atoms with Crippen molar-refractivity contribution < 1.29 is 9.18 Å². The van der Waals surface area contributed by atoms with Gasteiger partial charge in [-0.25, -0.2) is 9.97 Å². The van der Waals surface area contributed by atoms with Crippen LogP contribution >= 0.6 is 0 Å². The van der Waals surface area contributed by atoms with E-state index in [2.05, 4.69) is 34.0 Å². The number of benzene rings is 1. The Labute approximate surface area is 202 Å². The molecule has 5 rings (SSSR count). The number of fused-ring (bicyclic) bond motifs is 2. The minimum absolute atomic E-state index is 0.0673. The molecular formula is C27H28FN5O2. The summed E-state index contributed by atoms with van der Waals surface area (Å²) in [6.45, 7) is 7.23. The quantitative estimate of drug-likeness (QED) is 0.444. The second-order valence-electron chi connectivity index (χ2n) is 10.00. The van der Waals surface area contributed by atoms with Gasteiger partial charge in [0.05, 0.1) is 5.52 Å². The maximum atomic E-state index is 14.7. The number of rotatable bonds is 5. The number of hydrogen-bond donors (Lipinski definition) is 1. The number of carbonyl (C=O) groups excluding carboxylic acids is 1. The lowest BCUT2D eigenvalue weighted by Gasteiger charge is -2.36. The van der Waals surface area contributed by atoms with E-state index >= 15 is 0 Å². The molecule has 1 amide bonds. The molecule has 0 atom stereocenters. The fraction of sp³-hybridized carbons (Fsp3) is 0.333. The van der Waals surface area contributed by atoms with Crippen molar-refractivity contribution in [2.45, 2.75) is 39.8 Å². The Bertz CT molecular complexity index is 1470. The van der Waals surface area contributed by atoms with Crippen LogP contribution in [0.5, 0.6) is 0 Å². The number of pyridine rings is 2. The van der Waals surface area contributed by atoms with Gasteiger partial charge in [-0.3, -0.25) is 18.9 Å². The molecule has 35 heavy (non-hydrogen) atoms. The molecule has 8 heteroatoms. The predicted molar refractivity (Wildman–Crippen MR) is 133 cm³/mol. The van der Waals surface area contributed by atoms with Crippen molar-refractivity contribution in [2.75, 3.05) is 13.1 Å². The number of piperidine rings is 1. The van der Waals surface area contributed by atoms with E-state index in [1.807, 2.05) is 18.2 Å². The summed E-state index contributed by atoms with van der Waals surface area (Å²) in [6, 6.07) is 13.7. The van der Waals surface area contributed by atoms with Gasteiger partial charge in [0, 0.05) is 36.3 Å². The molecule has 3 aromatic heterocycles. The van der Waals surface area contributed by atoms with Gasteiger partial charge in [-0.05, 0) is 67.2 Å². The second kappa shape index (κ2) is 9.19. The van der Waals surface area contributed by atoms with E-state index in [0.717, 1.165) is 36.9 Å². The first-order chi connectivity index (χ1) is 16.8. The van der Waals surface area contributed by atoms with Gasteiger partial charge < -0.3 is 5.32 Å². The summed E-state index contributed by atoms with van der Waals surface area (Å²) in [4.78, 5) is 35.6. The van der Waals surface area contributed by atoms with Crippen LogP contribution in [-0.4, -0.2) is 38.3 Å². The Balaban J connectivity index is 1.30. The Kier molecular flexibility index (Phi) is 6.06. The molecule has 1 aliphatic heterocycles. The monoisotopic (exact) mass is 473 g/mol. The molecule has 7 nitrogen and oxygen atoms in total. The second-order valence-corrected chi connectivity index (χ2v) is 10.00. The Morgan fingerprint density at radius 3 is 2.69 bits per heavy atom. The van der Waals surface area contributed by atoms with Gasteiger partial charge in [0.15, 0.2) is 0 Å². The number of halogens is 1. The third-order valence-corrected chi connectivity index (χ3v) is 6.77. The average Bonchev–Trinajstić information content (AvgIpc) is 2.84. The summed E-state index contributed by atoms with van der Waals surface area (Å²) in [5.74, 6) is -0.864. The normalized spacial score (nSPS) is 16.0. The first kappa shape index (κ1) is 23.1. The zero-order valence-corrected chi connectivity index (χ0v) is 19.9. The van der Waals surface area contributed by atoms with Crippen molar-refractivity contribution in [3.05, 3.63) is 87.9 Å². The van der Waals surface area contributed by atoms with Crippen molar-refractivity contribution in [1.29, 1.82) is 0 Å². The number of aromatic nitrogens is 3. The van der Waals surface area contributed by atoms with Gasteiger partial charge in [-0.15, -0.1) is 0 Å². The Hall–Kier alpha value is -3.65. The van der Waals surface area contributed by atoms with Crippen LogP contribution in [0.15, 0.2) is 59.5 Å². The van der Waals surface area contributed by atoms with E-state index in [9.17, 15) is 14.0 Å². The number of nitrogens with one attached hydrogen (secondary N) is 1.